The molecule has 1 aromatic heterocycles. The molecule has 2 rings (SSSR count). The first kappa shape index (κ1) is 11.9. The van der Waals surface area contributed by atoms with E-state index < -0.39 is 5.41 Å². The Bertz CT molecular complexity index is 438. The minimum Gasteiger partial charge on any atom is -0.409 e. The molecule has 1 heterocycles. The number of oxime groups is 1. The molecule has 0 bridgehead atoms. The predicted octanol–water partition coefficient (Wildman–Crippen LogP) is 1.45. The second-order valence-electron chi connectivity index (χ2n) is 4.28. The number of nitrogens with one attached hydrogen (secondary N) is 1. The number of hydrogen-bond acceptors (Lipinski definition) is 4. The highest BCUT2D eigenvalue weighted by Crippen LogP contribution is 2.46. The molecule has 1 aliphatic rings. The van der Waals surface area contributed by atoms with Crippen LogP contribution in [0.1, 0.15) is 30.7 Å². The van der Waals surface area contributed by atoms with Gasteiger partial charge in [-0.2, -0.15) is 0 Å². The van der Waals surface area contributed by atoms with Crippen molar-refractivity contribution in [3.05, 3.63) is 22.4 Å². The van der Waals surface area contributed by atoms with Crippen molar-refractivity contribution < 1.29 is 10.0 Å². The SMILES string of the molecule is CC(NC(=O)C1(/C(N)=N/O)CC1)c1cccs1. The van der Waals surface area contributed by atoms with Gasteiger partial charge in [-0.25, -0.2) is 0 Å². The van der Waals surface area contributed by atoms with Crippen LogP contribution in [0.15, 0.2) is 22.7 Å². The van der Waals surface area contributed by atoms with E-state index in [-0.39, 0.29) is 17.8 Å². The number of rotatable bonds is 4. The van der Waals surface area contributed by atoms with Gasteiger partial charge in [-0.1, -0.05) is 11.2 Å². The van der Waals surface area contributed by atoms with Gasteiger partial charge in [0.05, 0.1) is 6.04 Å². The Hall–Kier alpha value is -1.56. The first-order valence-electron chi connectivity index (χ1n) is 5.42. The summed E-state index contributed by atoms with van der Waals surface area (Å²) in [5.74, 6) is -0.151. The molecular formula is C11H15N3O2S. The van der Waals surface area contributed by atoms with Gasteiger partial charge in [0.15, 0.2) is 5.84 Å². The summed E-state index contributed by atoms with van der Waals surface area (Å²) in [5, 5.41) is 16.5. The van der Waals surface area contributed by atoms with E-state index in [0.29, 0.717) is 12.8 Å². The van der Waals surface area contributed by atoms with Crippen molar-refractivity contribution in [2.24, 2.45) is 16.3 Å². The van der Waals surface area contributed by atoms with Gasteiger partial charge in [-0.3, -0.25) is 4.79 Å². The van der Waals surface area contributed by atoms with Crippen LogP contribution in [0.2, 0.25) is 0 Å². The third-order valence-electron chi connectivity index (χ3n) is 3.10. The number of carbonyl (C=O) groups is 1. The molecule has 0 aliphatic heterocycles. The average molecular weight is 253 g/mol. The number of thiophene rings is 1. The van der Waals surface area contributed by atoms with E-state index in [4.69, 9.17) is 10.9 Å². The lowest BCUT2D eigenvalue weighted by molar-refractivity contribution is -0.124. The smallest absolute Gasteiger partial charge is 0.234 e. The lowest BCUT2D eigenvalue weighted by atomic mass is 10.0. The van der Waals surface area contributed by atoms with Crippen molar-refractivity contribution >= 4 is 23.1 Å². The van der Waals surface area contributed by atoms with E-state index >= 15 is 0 Å². The monoisotopic (exact) mass is 253 g/mol. The van der Waals surface area contributed by atoms with Crippen LogP contribution >= 0.6 is 11.3 Å². The molecule has 5 nitrogen and oxygen atoms in total. The van der Waals surface area contributed by atoms with E-state index in [1.54, 1.807) is 11.3 Å². The third kappa shape index (κ3) is 2.12. The highest BCUT2D eigenvalue weighted by Gasteiger charge is 2.54. The summed E-state index contributed by atoms with van der Waals surface area (Å²) in [6.07, 6.45) is 1.29. The molecule has 6 heteroatoms. The highest BCUT2D eigenvalue weighted by molar-refractivity contribution is 7.10. The standard InChI is InChI=1S/C11H15N3O2S/c1-7(8-3-2-6-17-8)13-10(15)11(4-5-11)9(12)14-16/h2-3,6-7,16H,4-5H2,1H3,(H2,12,14)(H,13,15). The van der Waals surface area contributed by atoms with Crippen molar-refractivity contribution in [3.8, 4) is 0 Å². The predicted molar refractivity (Wildman–Crippen MR) is 66.0 cm³/mol. The van der Waals surface area contributed by atoms with Crippen LogP contribution in [0.4, 0.5) is 0 Å². The molecule has 1 aromatic rings. The molecule has 0 spiro atoms. The van der Waals surface area contributed by atoms with Crippen LogP contribution in [0.25, 0.3) is 0 Å². The zero-order valence-corrected chi connectivity index (χ0v) is 10.3. The second kappa shape index (κ2) is 4.37. The maximum absolute atomic E-state index is 12.1. The maximum atomic E-state index is 12.1. The Morgan fingerprint density at radius 3 is 2.88 bits per heavy atom. The third-order valence-corrected chi connectivity index (χ3v) is 4.16. The van der Waals surface area contributed by atoms with Crippen molar-refractivity contribution in [1.82, 2.24) is 5.32 Å². The molecule has 1 unspecified atom stereocenters. The van der Waals surface area contributed by atoms with Crippen molar-refractivity contribution in [2.45, 2.75) is 25.8 Å². The number of carbonyl (C=O) groups excluding carboxylic acids is 1. The summed E-state index contributed by atoms with van der Waals surface area (Å²) < 4.78 is 0. The quantitative estimate of drug-likeness (QED) is 0.328. The fraction of sp³-hybridized carbons (Fsp3) is 0.455. The van der Waals surface area contributed by atoms with E-state index in [9.17, 15) is 4.79 Å². The summed E-state index contributed by atoms with van der Waals surface area (Å²) in [6.45, 7) is 1.92. The fourth-order valence-electron chi connectivity index (χ4n) is 1.76. The summed E-state index contributed by atoms with van der Waals surface area (Å²) in [7, 11) is 0. The second-order valence-corrected chi connectivity index (χ2v) is 5.26. The lowest BCUT2D eigenvalue weighted by Crippen LogP contribution is -2.41. The number of nitrogens with two attached hydrogens (primary N) is 1. The largest absolute Gasteiger partial charge is 0.409 e. The van der Waals surface area contributed by atoms with Gasteiger partial charge in [-0.15, -0.1) is 11.3 Å². The molecule has 17 heavy (non-hydrogen) atoms. The van der Waals surface area contributed by atoms with E-state index in [2.05, 4.69) is 10.5 Å². The van der Waals surface area contributed by atoms with Gasteiger partial charge in [0.25, 0.3) is 0 Å². The lowest BCUT2D eigenvalue weighted by Gasteiger charge is -2.17. The van der Waals surface area contributed by atoms with Crippen LogP contribution in [0.5, 0.6) is 0 Å². The first-order valence-corrected chi connectivity index (χ1v) is 6.30. The van der Waals surface area contributed by atoms with Crippen LogP contribution in [-0.2, 0) is 4.79 Å². The number of nitrogens with zero attached hydrogens (tertiary/aromatic N) is 1. The number of amides is 1. The Labute approximate surface area is 103 Å². The van der Waals surface area contributed by atoms with Gasteiger partial charge in [0, 0.05) is 4.88 Å². The van der Waals surface area contributed by atoms with Gasteiger partial charge < -0.3 is 16.3 Å². The molecular weight excluding hydrogens is 238 g/mol. The average Bonchev–Trinajstić information content (AvgIpc) is 2.95. The fourth-order valence-corrected chi connectivity index (χ4v) is 2.50. The minimum absolute atomic E-state index is 0.00776. The Morgan fingerprint density at radius 1 is 1.71 bits per heavy atom. The van der Waals surface area contributed by atoms with Crippen LogP contribution in [0.3, 0.4) is 0 Å². The summed E-state index contributed by atoms with van der Waals surface area (Å²) >= 11 is 1.59. The van der Waals surface area contributed by atoms with Gasteiger partial charge >= 0.3 is 0 Å². The Balaban J connectivity index is 2.03. The molecule has 1 fully saturated rings. The summed E-state index contributed by atoms with van der Waals surface area (Å²) in [6, 6.07) is 3.86. The first-order chi connectivity index (χ1) is 8.10. The Kier molecular flexibility index (Phi) is 3.06. The number of amidine groups is 1. The van der Waals surface area contributed by atoms with Crippen LogP contribution in [-0.4, -0.2) is 17.0 Å². The zero-order chi connectivity index (χ0) is 12.5. The van der Waals surface area contributed by atoms with E-state index in [0.717, 1.165) is 4.88 Å². The molecule has 1 atom stereocenters. The normalized spacial score (nSPS) is 19.7. The molecule has 92 valence electrons. The van der Waals surface area contributed by atoms with Crippen LogP contribution in [0, 0.1) is 5.41 Å². The van der Waals surface area contributed by atoms with Crippen molar-refractivity contribution in [2.75, 3.05) is 0 Å². The molecule has 0 saturated heterocycles. The molecule has 0 aromatic carbocycles. The Morgan fingerprint density at radius 2 is 2.41 bits per heavy atom. The molecule has 1 aliphatic carbocycles. The van der Waals surface area contributed by atoms with Gasteiger partial charge in [0.1, 0.15) is 5.41 Å². The summed E-state index contributed by atoms with van der Waals surface area (Å²) in [4.78, 5) is 13.1. The number of hydrogen-bond donors (Lipinski definition) is 3. The molecule has 4 N–H and O–H groups in total. The molecule has 1 saturated carbocycles. The topological polar surface area (TPSA) is 87.7 Å². The van der Waals surface area contributed by atoms with E-state index in [1.165, 1.54) is 0 Å². The molecule has 0 radical (unpaired) electrons. The van der Waals surface area contributed by atoms with Gasteiger partial charge in [0.2, 0.25) is 5.91 Å². The maximum Gasteiger partial charge on any atom is 0.234 e. The van der Waals surface area contributed by atoms with Gasteiger partial charge in [-0.05, 0) is 31.2 Å². The summed E-state index contributed by atoms with van der Waals surface area (Å²) in [5.41, 5.74) is 4.77. The minimum atomic E-state index is -0.778. The molecule has 1 amide bonds. The van der Waals surface area contributed by atoms with E-state index in [1.807, 2.05) is 24.4 Å². The van der Waals surface area contributed by atoms with Crippen molar-refractivity contribution in [3.63, 3.8) is 0 Å². The van der Waals surface area contributed by atoms with Crippen molar-refractivity contribution in [1.29, 1.82) is 0 Å². The van der Waals surface area contributed by atoms with Crippen LogP contribution < -0.4 is 11.1 Å². The highest BCUT2D eigenvalue weighted by atomic mass is 32.1. The zero-order valence-electron chi connectivity index (χ0n) is 9.51.